The Morgan fingerprint density at radius 3 is 2.62 bits per heavy atom. The summed E-state index contributed by atoms with van der Waals surface area (Å²) in [6.07, 6.45) is 1.73. The van der Waals surface area contributed by atoms with E-state index >= 15 is 0 Å². The number of nitrogen functional groups attached to an aromatic ring is 1. The highest BCUT2D eigenvalue weighted by molar-refractivity contribution is 5.90. The molecule has 1 heterocycles. The van der Waals surface area contributed by atoms with Crippen LogP contribution in [0.5, 0.6) is 0 Å². The fourth-order valence-electron chi connectivity index (χ4n) is 2.13. The predicted molar refractivity (Wildman–Crippen MR) is 81.7 cm³/mol. The van der Waals surface area contributed by atoms with Gasteiger partial charge in [-0.15, -0.1) is 0 Å². The molecule has 0 fully saturated rings. The van der Waals surface area contributed by atoms with E-state index in [2.05, 4.69) is 4.98 Å². The van der Waals surface area contributed by atoms with E-state index in [1.807, 2.05) is 30.3 Å². The molecule has 104 valence electrons. The Hall–Kier alpha value is -2.88. The molecule has 3 aromatic rings. The SMILES string of the molecule is Nc1ccc(C(=O)OCc2cccc3cccnc23)cc1. The highest BCUT2D eigenvalue weighted by Gasteiger charge is 2.08. The van der Waals surface area contributed by atoms with E-state index < -0.39 is 0 Å². The maximum Gasteiger partial charge on any atom is 0.338 e. The Morgan fingerprint density at radius 1 is 1.05 bits per heavy atom. The molecule has 0 aliphatic rings. The summed E-state index contributed by atoms with van der Waals surface area (Å²) < 4.78 is 5.34. The fraction of sp³-hybridized carbons (Fsp3) is 0.0588. The van der Waals surface area contributed by atoms with Gasteiger partial charge in [-0.05, 0) is 30.3 Å². The minimum Gasteiger partial charge on any atom is -0.457 e. The fourth-order valence-corrected chi connectivity index (χ4v) is 2.13. The van der Waals surface area contributed by atoms with Crippen LogP contribution in [-0.4, -0.2) is 11.0 Å². The zero-order valence-electron chi connectivity index (χ0n) is 11.3. The lowest BCUT2D eigenvalue weighted by Crippen LogP contribution is -2.05. The number of anilines is 1. The van der Waals surface area contributed by atoms with Crippen molar-refractivity contribution in [3.05, 3.63) is 71.9 Å². The average Bonchev–Trinajstić information content (AvgIpc) is 2.53. The second-order valence-electron chi connectivity index (χ2n) is 4.69. The van der Waals surface area contributed by atoms with Crippen molar-refractivity contribution in [2.75, 3.05) is 5.73 Å². The first-order valence-electron chi connectivity index (χ1n) is 6.59. The molecule has 2 aromatic carbocycles. The second-order valence-corrected chi connectivity index (χ2v) is 4.69. The van der Waals surface area contributed by atoms with Gasteiger partial charge < -0.3 is 10.5 Å². The lowest BCUT2D eigenvalue weighted by atomic mass is 10.1. The summed E-state index contributed by atoms with van der Waals surface area (Å²) in [6, 6.07) is 16.3. The van der Waals surface area contributed by atoms with Crippen LogP contribution in [0.4, 0.5) is 5.69 Å². The topological polar surface area (TPSA) is 65.2 Å². The lowest BCUT2D eigenvalue weighted by molar-refractivity contribution is 0.0474. The standard InChI is InChI=1S/C17H14N2O2/c18-15-8-6-13(7-9-15)17(20)21-11-14-4-1-3-12-5-2-10-19-16(12)14/h1-10H,11,18H2. The maximum absolute atomic E-state index is 12.0. The van der Waals surface area contributed by atoms with Crippen molar-refractivity contribution in [3.63, 3.8) is 0 Å². The van der Waals surface area contributed by atoms with Gasteiger partial charge in [-0.25, -0.2) is 4.79 Å². The van der Waals surface area contributed by atoms with Crippen molar-refractivity contribution in [1.29, 1.82) is 0 Å². The first-order valence-corrected chi connectivity index (χ1v) is 6.59. The molecule has 4 heteroatoms. The number of pyridine rings is 1. The number of rotatable bonds is 3. The molecule has 3 rings (SSSR count). The van der Waals surface area contributed by atoms with Gasteiger partial charge in [-0.1, -0.05) is 24.3 Å². The molecule has 1 aromatic heterocycles. The number of nitrogens with two attached hydrogens (primary N) is 1. The summed E-state index contributed by atoms with van der Waals surface area (Å²) in [7, 11) is 0. The second kappa shape index (κ2) is 5.63. The Kier molecular flexibility index (Phi) is 3.51. The molecule has 0 radical (unpaired) electrons. The molecular weight excluding hydrogens is 264 g/mol. The molecule has 4 nitrogen and oxygen atoms in total. The zero-order chi connectivity index (χ0) is 14.7. The smallest absolute Gasteiger partial charge is 0.338 e. The molecule has 2 N–H and O–H groups in total. The normalized spacial score (nSPS) is 10.5. The van der Waals surface area contributed by atoms with Gasteiger partial charge in [0, 0.05) is 22.8 Å². The third-order valence-corrected chi connectivity index (χ3v) is 3.22. The number of fused-ring (bicyclic) bond motifs is 1. The number of benzene rings is 2. The summed E-state index contributed by atoms with van der Waals surface area (Å²) >= 11 is 0. The minimum atomic E-state index is -0.372. The number of ether oxygens (including phenoxy) is 1. The van der Waals surface area contributed by atoms with Crippen LogP contribution in [0.2, 0.25) is 0 Å². The van der Waals surface area contributed by atoms with Crippen LogP contribution in [0.3, 0.4) is 0 Å². The molecule has 21 heavy (non-hydrogen) atoms. The van der Waals surface area contributed by atoms with E-state index in [1.165, 1.54) is 0 Å². The van der Waals surface area contributed by atoms with Gasteiger partial charge in [-0.3, -0.25) is 4.98 Å². The lowest BCUT2D eigenvalue weighted by Gasteiger charge is -2.07. The van der Waals surface area contributed by atoms with E-state index in [9.17, 15) is 4.79 Å². The third kappa shape index (κ3) is 2.84. The zero-order valence-corrected chi connectivity index (χ0v) is 11.3. The monoisotopic (exact) mass is 278 g/mol. The molecular formula is C17H14N2O2. The van der Waals surface area contributed by atoms with E-state index in [0.717, 1.165) is 16.5 Å². The highest BCUT2D eigenvalue weighted by Crippen LogP contribution is 2.17. The molecule has 0 spiro atoms. The summed E-state index contributed by atoms with van der Waals surface area (Å²) in [5, 5.41) is 1.03. The highest BCUT2D eigenvalue weighted by atomic mass is 16.5. The van der Waals surface area contributed by atoms with Crippen molar-refractivity contribution in [3.8, 4) is 0 Å². The number of para-hydroxylation sites is 1. The number of esters is 1. The molecule has 0 aliphatic heterocycles. The molecule has 0 atom stereocenters. The van der Waals surface area contributed by atoms with Crippen LogP contribution < -0.4 is 5.73 Å². The van der Waals surface area contributed by atoms with Crippen molar-refractivity contribution in [2.45, 2.75) is 6.61 Å². The molecule has 0 saturated heterocycles. The number of carbonyl (C=O) groups excluding carboxylic acids is 1. The number of hydrogen-bond donors (Lipinski definition) is 1. The van der Waals surface area contributed by atoms with Crippen molar-refractivity contribution in [2.24, 2.45) is 0 Å². The average molecular weight is 278 g/mol. The Morgan fingerprint density at radius 2 is 1.81 bits per heavy atom. The largest absolute Gasteiger partial charge is 0.457 e. The molecule has 0 amide bonds. The third-order valence-electron chi connectivity index (χ3n) is 3.22. The number of hydrogen-bond acceptors (Lipinski definition) is 4. The van der Waals surface area contributed by atoms with Crippen LogP contribution in [0.25, 0.3) is 10.9 Å². The number of aromatic nitrogens is 1. The maximum atomic E-state index is 12.0. The van der Waals surface area contributed by atoms with Gasteiger partial charge in [0.05, 0.1) is 11.1 Å². The minimum absolute atomic E-state index is 0.192. The number of nitrogens with zero attached hydrogens (tertiary/aromatic N) is 1. The molecule has 0 aliphatic carbocycles. The van der Waals surface area contributed by atoms with Crippen LogP contribution in [0.1, 0.15) is 15.9 Å². The quantitative estimate of drug-likeness (QED) is 0.590. The molecule has 0 saturated carbocycles. The van der Waals surface area contributed by atoms with Crippen LogP contribution in [0.15, 0.2) is 60.8 Å². The van der Waals surface area contributed by atoms with E-state index in [4.69, 9.17) is 10.5 Å². The first kappa shape index (κ1) is 13.1. The van der Waals surface area contributed by atoms with Gasteiger partial charge in [-0.2, -0.15) is 0 Å². The van der Waals surface area contributed by atoms with Gasteiger partial charge >= 0.3 is 5.97 Å². The Bertz CT molecular complexity index is 777. The van der Waals surface area contributed by atoms with Crippen LogP contribution in [0, 0.1) is 0 Å². The summed E-state index contributed by atoms with van der Waals surface area (Å²) in [5.74, 6) is -0.372. The van der Waals surface area contributed by atoms with Crippen LogP contribution >= 0.6 is 0 Å². The molecule has 0 unspecified atom stereocenters. The van der Waals surface area contributed by atoms with E-state index in [-0.39, 0.29) is 12.6 Å². The van der Waals surface area contributed by atoms with Crippen molar-refractivity contribution in [1.82, 2.24) is 4.98 Å². The van der Waals surface area contributed by atoms with Gasteiger partial charge in [0.1, 0.15) is 6.61 Å². The Labute approximate surface area is 122 Å². The summed E-state index contributed by atoms with van der Waals surface area (Å²) in [4.78, 5) is 16.3. The predicted octanol–water partition coefficient (Wildman–Crippen LogP) is 3.17. The summed E-state index contributed by atoms with van der Waals surface area (Å²) in [5.41, 5.74) is 8.43. The first-order chi connectivity index (χ1) is 10.2. The summed E-state index contributed by atoms with van der Waals surface area (Å²) in [6.45, 7) is 0.192. The van der Waals surface area contributed by atoms with Crippen molar-refractivity contribution >= 4 is 22.6 Å². The van der Waals surface area contributed by atoms with Gasteiger partial charge in [0.25, 0.3) is 0 Å². The van der Waals surface area contributed by atoms with Crippen molar-refractivity contribution < 1.29 is 9.53 Å². The van der Waals surface area contributed by atoms with Crippen LogP contribution in [-0.2, 0) is 11.3 Å². The molecule has 0 bridgehead atoms. The van der Waals surface area contributed by atoms with Gasteiger partial charge in [0.2, 0.25) is 0 Å². The number of carbonyl (C=O) groups is 1. The van der Waals surface area contributed by atoms with E-state index in [0.29, 0.717) is 11.3 Å². The van der Waals surface area contributed by atoms with E-state index in [1.54, 1.807) is 30.5 Å². The van der Waals surface area contributed by atoms with Gasteiger partial charge in [0.15, 0.2) is 0 Å². The Balaban J connectivity index is 1.77.